The van der Waals surface area contributed by atoms with Crippen molar-refractivity contribution in [1.82, 2.24) is 4.31 Å². The van der Waals surface area contributed by atoms with Crippen LogP contribution in [0.5, 0.6) is 17.2 Å². The van der Waals surface area contributed by atoms with Gasteiger partial charge in [0.05, 0.1) is 23.6 Å². The number of carbonyl (C=O) groups excluding carboxylic acids is 1. The molecule has 4 rings (SSSR count). The van der Waals surface area contributed by atoms with Crippen molar-refractivity contribution in [2.24, 2.45) is 5.92 Å². The predicted molar refractivity (Wildman–Crippen MR) is 131 cm³/mol. The molecule has 0 bridgehead atoms. The molecule has 1 heterocycles. The van der Waals surface area contributed by atoms with Gasteiger partial charge in [0.15, 0.2) is 5.75 Å². The lowest BCUT2D eigenvalue weighted by atomic mass is 9.98. The molecule has 9 heteroatoms. The number of methoxy groups -OCH3 is 1. The molecule has 0 radical (unpaired) electrons. The number of carbonyl (C=O) groups is 1. The number of rotatable bonds is 7. The van der Waals surface area contributed by atoms with Gasteiger partial charge in [-0.15, -0.1) is 0 Å². The minimum absolute atomic E-state index is 0.107. The molecular weight excluding hydrogens is 476 g/mol. The van der Waals surface area contributed by atoms with Gasteiger partial charge >= 0.3 is 0 Å². The molecule has 1 N–H and O–H groups in total. The molecule has 3 aromatic rings. The number of hydrogen-bond acceptors (Lipinski definition) is 5. The summed E-state index contributed by atoms with van der Waals surface area (Å²) in [5.41, 5.74) is 0.406. The first-order chi connectivity index (χ1) is 16.4. The van der Waals surface area contributed by atoms with Crippen molar-refractivity contribution in [2.45, 2.75) is 17.7 Å². The number of amides is 1. The standard InChI is InChI=1S/C25H25ClN2O5S/c1-32-20-8-5-9-21(16-20)33-24-13-12-19(26)15-23(24)27-25(29)18-7-6-14-28(17-18)34(30,31)22-10-3-2-4-11-22/h2-5,8-13,15-16,18H,6-7,14,17H2,1H3,(H,27,29). The second-order valence-electron chi connectivity index (χ2n) is 7.93. The summed E-state index contributed by atoms with van der Waals surface area (Å²) < 4.78 is 38.6. The number of anilines is 1. The van der Waals surface area contributed by atoms with Crippen LogP contribution < -0.4 is 14.8 Å². The lowest BCUT2D eigenvalue weighted by molar-refractivity contribution is -0.120. The lowest BCUT2D eigenvalue weighted by Gasteiger charge is -2.31. The number of benzene rings is 3. The van der Waals surface area contributed by atoms with E-state index in [1.165, 1.54) is 4.31 Å². The molecule has 34 heavy (non-hydrogen) atoms. The van der Waals surface area contributed by atoms with Crippen LogP contribution in [0.15, 0.2) is 77.7 Å². The molecule has 7 nitrogen and oxygen atoms in total. The van der Waals surface area contributed by atoms with E-state index in [9.17, 15) is 13.2 Å². The van der Waals surface area contributed by atoms with Gasteiger partial charge in [0.2, 0.25) is 15.9 Å². The molecule has 0 spiro atoms. The number of halogens is 1. The second-order valence-corrected chi connectivity index (χ2v) is 10.3. The van der Waals surface area contributed by atoms with Gasteiger partial charge in [-0.3, -0.25) is 4.79 Å². The molecule has 1 saturated heterocycles. The van der Waals surface area contributed by atoms with Crippen LogP contribution in [0.3, 0.4) is 0 Å². The van der Waals surface area contributed by atoms with E-state index >= 15 is 0 Å². The molecule has 1 unspecified atom stereocenters. The first kappa shape index (κ1) is 24.1. The maximum Gasteiger partial charge on any atom is 0.243 e. The second kappa shape index (κ2) is 10.5. The highest BCUT2D eigenvalue weighted by atomic mass is 35.5. The van der Waals surface area contributed by atoms with Gasteiger partial charge in [-0.25, -0.2) is 8.42 Å². The summed E-state index contributed by atoms with van der Waals surface area (Å²) >= 11 is 6.17. The minimum Gasteiger partial charge on any atom is -0.497 e. The van der Waals surface area contributed by atoms with Gasteiger partial charge in [0.25, 0.3) is 0 Å². The Morgan fingerprint density at radius 1 is 1.03 bits per heavy atom. The van der Waals surface area contributed by atoms with E-state index in [1.807, 2.05) is 0 Å². The fourth-order valence-electron chi connectivity index (χ4n) is 3.83. The van der Waals surface area contributed by atoms with Crippen molar-refractivity contribution in [1.29, 1.82) is 0 Å². The van der Waals surface area contributed by atoms with Crippen molar-refractivity contribution in [2.75, 3.05) is 25.5 Å². The molecule has 1 atom stereocenters. The van der Waals surface area contributed by atoms with Crippen molar-refractivity contribution in [3.63, 3.8) is 0 Å². The Morgan fingerprint density at radius 3 is 2.56 bits per heavy atom. The Labute approximate surface area is 204 Å². The molecule has 0 aliphatic carbocycles. The van der Waals surface area contributed by atoms with Crippen LogP contribution in [0, 0.1) is 5.92 Å². The molecule has 1 fully saturated rings. The topological polar surface area (TPSA) is 84.9 Å². The minimum atomic E-state index is -3.67. The fourth-order valence-corrected chi connectivity index (χ4v) is 5.55. The molecular formula is C25H25ClN2O5S. The van der Waals surface area contributed by atoms with E-state index in [0.29, 0.717) is 47.3 Å². The average molecular weight is 501 g/mol. The van der Waals surface area contributed by atoms with Gasteiger partial charge in [-0.1, -0.05) is 35.9 Å². The highest BCUT2D eigenvalue weighted by Crippen LogP contribution is 2.34. The zero-order valence-electron chi connectivity index (χ0n) is 18.6. The first-order valence-corrected chi connectivity index (χ1v) is 12.7. The highest BCUT2D eigenvalue weighted by molar-refractivity contribution is 7.89. The Bertz CT molecular complexity index is 1270. The van der Waals surface area contributed by atoms with Crippen LogP contribution in [0.1, 0.15) is 12.8 Å². The number of ether oxygens (including phenoxy) is 2. The third kappa shape index (κ3) is 5.52. The van der Waals surface area contributed by atoms with Crippen molar-refractivity contribution in [3.05, 3.63) is 77.8 Å². The van der Waals surface area contributed by atoms with Crippen LogP contribution in [-0.2, 0) is 14.8 Å². The van der Waals surface area contributed by atoms with Gasteiger partial charge in [0.1, 0.15) is 11.5 Å². The Kier molecular flexibility index (Phi) is 7.41. The van der Waals surface area contributed by atoms with Gasteiger partial charge < -0.3 is 14.8 Å². The summed E-state index contributed by atoms with van der Waals surface area (Å²) in [5.74, 6) is 0.797. The molecule has 178 valence electrons. The quantitative estimate of drug-likeness (QED) is 0.483. The lowest BCUT2D eigenvalue weighted by Crippen LogP contribution is -2.43. The van der Waals surface area contributed by atoms with Crippen LogP contribution in [0.2, 0.25) is 5.02 Å². The summed E-state index contributed by atoms with van der Waals surface area (Å²) in [5, 5.41) is 3.32. The Hall–Kier alpha value is -3.07. The monoisotopic (exact) mass is 500 g/mol. The summed E-state index contributed by atoms with van der Waals surface area (Å²) in [6.45, 7) is 0.484. The number of nitrogens with one attached hydrogen (secondary N) is 1. The zero-order valence-corrected chi connectivity index (χ0v) is 20.2. The molecule has 1 aliphatic rings. The summed E-state index contributed by atoms with van der Waals surface area (Å²) in [7, 11) is -2.10. The largest absolute Gasteiger partial charge is 0.497 e. The number of piperidine rings is 1. The van der Waals surface area contributed by atoms with Crippen LogP contribution >= 0.6 is 11.6 Å². The maximum absolute atomic E-state index is 13.1. The van der Waals surface area contributed by atoms with E-state index < -0.39 is 15.9 Å². The van der Waals surface area contributed by atoms with Crippen molar-refractivity contribution < 1.29 is 22.7 Å². The van der Waals surface area contributed by atoms with E-state index in [-0.39, 0.29) is 17.3 Å². The third-order valence-corrected chi connectivity index (χ3v) is 7.72. The first-order valence-electron chi connectivity index (χ1n) is 10.8. The highest BCUT2D eigenvalue weighted by Gasteiger charge is 2.33. The number of sulfonamides is 1. The fraction of sp³-hybridized carbons (Fsp3) is 0.240. The van der Waals surface area contributed by atoms with Crippen molar-refractivity contribution in [3.8, 4) is 17.2 Å². The summed E-state index contributed by atoms with van der Waals surface area (Å²) in [4.78, 5) is 13.4. The van der Waals surface area contributed by atoms with Gasteiger partial charge in [-0.2, -0.15) is 4.31 Å². The van der Waals surface area contributed by atoms with Crippen molar-refractivity contribution >= 4 is 33.2 Å². The number of nitrogens with zero attached hydrogens (tertiary/aromatic N) is 1. The van der Waals surface area contributed by atoms with Crippen LogP contribution in [0.25, 0.3) is 0 Å². The SMILES string of the molecule is COc1cccc(Oc2ccc(Cl)cc2NC(=O)C2CCCN(S(=O)(=O)c3ccccc3)C2)c1. The zero-order chi connectivity index (χ0) is 24.1. The van der Waals surface area contributed by atoms with E-state index in [0.717, 1.165) is 0 Å². The average Bonchev–Trinajstić information content (AvgIpc) is 2.86. The Balaban J connectivity index is 1.50. The van der Waals surface area contributed by atoms with Crippen LogP contribution in [0.4, 0.5) is 5.69 Å². The normalized spacial score (nSPS) is 16.6. The third-order valence-electron chi connectivity index (χ3n) is 5.60. The molecule has 1 aliphatic heterocycles. The summed E-state index contributed by atoms with van der Waals surface area (Å²) in [6.07, 6.45) is 1.17. The molecule has 1 amide bonds. The predicted octanol–water partition coefficient (Wildman–Crippen LogP) is 5.18. The molecule has 0 aromatic heterocycles. The van der Waals surface area contributed by atoms with Gasteiger partial charge in [-0.05, 0) is 55.3 Å². The van der Waals surface area contributed by atoms with Crippen LogP contribution in [-0.4, -0.2) is 38.8 Å². The smallest absolute Gasteiger partial charge is 0.243 e. The Morgan fingerprint density at radius 2 is 1.79 bits per heavy atom. The molecule has 3 aromatic carbocycles. The van der Waals surface area contributed by atoms with E-state index in [4.69, 9.17) is 21.1 Å². The number of hydrogen-bond donors (Lipinski definition) is 1. The van der Waals surface area contributed by atoms with E-state index in [1.54, 1.807) is 79.9 Å². The van der Waals surface area contributed by atoms with Gasteiger partial charge in [0, 0.05) is 24.2 Å². The summed E-state index contributed by atoms with van der Waals surface area (Å²) in [6, 6.07) is 20.3. The maximum atomic E-state index is 13.1. The molecule has 0 saturated carbocycles. The van der Waals surface area contributed by atoms with E-state index in [2.05, 4.69) is 5.32 Å².